The normalized spacial score (nSPS) is 13.9. The summed E-state index contributed by atoms with van der Waals surface area (Å²) in [6.07, 6.45) is -0.407. The van der Waals surface area contributed by atoms with Gasteiger partial charge in [-0.3, -0.25) is 9.59 Å². The topological polar surface area (TPSA) is 120 Å². The molecule has 0 aliphatic carbocycles. The standard InChI is InChI=1S/C17H24N4O7/c1-3-27-17(25)20-8-6-19(7-9-20)15(23)12-28-16(24)13-4-5-14(22)21(18-13)10-11-26-2/h4-5H,3,6-12H2,1-2H3. The van der Waals surface area contributed by atoms with Crippen LogP contribution in [-0.2, 0) is 25.5 Å². The van der Waals surface area contributed by atoms with Crippen molar-refractivity contribution in [3.05, 3.63) is 28.2 Å². The Labute approximate surface area is 161 Å². The second-order valence-corrected chi connectivity index (χ2v) is 5.92. The molecule has 1 aromatic heterocycles. The molecule has 0 N–H and O–H groups in total. The highest BCUT2D eigenvalue weighted by atomic mass is 16.6. The molecule has 1 fully saturated rings. The quantitative estimate of drug-likeness (QED) is 0.558. The van der Waals surface area contributed by atoms with Gasteiger partial charge in [-0.1, -0.05) is 0 Å². The Morgan fingerprint density at radius 1 is 1.07 bits per heavy atom. The van der Waals surface area contributed by atoms with Crippen molar-refractivity contribution in [2.24, 2.45) is 0 Å². The minimum Gasteiger partial charge on any atom is -0.451 e. The maximum absolute atomic E-state index is 12.2. The molecule has 28 heavy (non-hydrogen) atoms. The molecule has 0 saturated carbocycles. The number of piperazine rings is 1. The summed E-state index contributed by atoms with van der Waals surface area (Å²) in [6, 6.07) is 2.45. The Kier molecular flexibility index (Phi) is 7.93. The van der Waals surface area contributed by atoms with Gasteiger partial charge in [0.1, 0.15) is 0 Å². The van der Waals surface area contributed by atoms with Gasteiger partial charge in [-0.15, -0.1) is 0 Å². The van der Waals surface area contributed by atoms with Crippen LogP contribution in [0, 0.1) is 0 Å². The molecule has 2 amide bonds. The minimum absolute atomic E-state index is 0.0735. The van der Waals surface area contributed by atoms with E-state index in [1.165, 1.54) is 29.0 Å². The van der Waals surface area contributed by atoms with Crippen molar-refractivity contribution in [3.8, 4) is 0 Å². The molecule has 0 spiro atoms. The molecule has 1 aliphatic rings. The molecule has 0 atom stereocenters. The number of hydrogen-bond donors (Lipinski definition) is 0. The van der Waals surface area contributed by atoms with E-state index in [4.69, 9.17) is 14.2 Å². The molecular weight excluding hydrogens is 372 g/mol. The fourth-order valence-electron chi connectivity index (χ4n) is 2.54. The number of hydrogen-bond acceptors (Lipinski definition) is 8. The van der Waals surface area contributed by atoms with Crippen LogP contribution >= 0.6 is 0 Å². The van der Waals surface area contributed by atoms with E-state index in [-0.39, 0.29) is 30.3 Å². The zero-order valence-corrected chi connectivity index (χ0v) is 16.0. The third-order valence-corrected chi connectivity index (χ3v) is 4.07. The van der Waals surface area contributed by atoms with Gasteiger partial charge in [0, 0.05) is 39.4 Å². The molecule has 2 rings (SSSR count). The molecule has 0 radical (unpaired) electrons. The van der Waals surface area contributed by atoms with Gasteiger partial charge in [0.2, 0.25) is 0 Å². The Bertz CT molecular complexity index is 756. The zero-order chi connectivity index (χ0) is 20.5. The first-order valence-corrected chi connectivity index (χ1v) is 8.90. The van der Waals surface area contributed by atoms with Crippen LogP contribution in [0.1, 0.15) is 17.4 Å². The van der Waals surface area contributed by atoms with Crippen LogP contribution < -0.4 is 5.56 Å². The van der Waals surface area contributed by atoms with E-state index >= 15 is 0 Å². The predicted molar refractivity (Wildman–Crippen MR) is 95.8 cm³/mol. The average molecular weight is 396 g/mol. The maximum Gasteiger partial charge on any atom is 0.409 e. The van der Waals surface area contributed by atoms with Crippen molar-refractivity contribution in [2.75, 3.05) is 53.1 Å². The molecular formula is C17H24N4O7. The number of amides is 2. The summed E-state index contributed by atoms with van der Waals surface area (Å²) in [5.41, 5.74) is -0.445. The Balaban J connectivity index is 1.84. The van der Waals surface area contributed by atoms with Gasteiger partial charge in [0.05, 0.1) is 19.8 Å². The highest BCUT2D eigenvalue weighted by Gasteiger charge is 2.25. The van der Waals surface area contributed by atoms with Gasteiger partial charge in [-0.2, -0.15) is 5.10 Å². The van der Waals surface area contributed by atoms with Gasteiger partial charge in [0.25, 0.3) is 11.5 Å². The number of esters is 1. The number of carbonyl (C=O) groups excluding carboxylic acids is 3. The molecule has 11 heteroatoms. The zero-order valence-electron chi connectivity index (χ0n) is 16.0. The largest absolute Gasteiger partial charge is 0.451 e. The van der Waals surface area contributed by atoms with Crippen LogP contribution in [-0.4, -0.2) is 90.7 Å². The van der Waals surface area contributed by atoms with Crippen LogP contribution in [0.15, 0.2) is 16.9 Å². The van der Waals surface area contributed by atoms with Gasteiger partial charge in [0.15, 0.2) is 12.3 Å². The summed E-state index contributed by atoms with van der Waals surface area (Å²) in [5, 5.41) is 3.91. The molecule has 1 aromatic rings. The van der Waals surface area contributed by atoms with E-state index in [0.717, 1.165) is 4.68 Å². The summed E-state index contributed by atoms with van der Waals surface area (Å²) < 4.78 is 15.9. The molecule has 0 bridgehead atoms. The van der Waals surface area contributed by atoms with Crippen molar-refractivity contribution in [1.29, 1.82) is 0 Å². The number of carbonyl (C=O) groups is 3. The minimum atomic E-state index is -0.801. The highest BCUT2D eigenvalue weighted by Crippen LogP contribution is 2.05. The Morgan fingerprint density at radius 3 is 2.39 bits per heavy atom. The molecule has 0 aromatic carbocycles. The lowest BCUT2D eigenvalue weighted by atomic mass is 10.3. The highest BCUT2D eigenvalue weighted by molar-refractivity contribution is 5.89. The Morgan fingerprint density at radius 2 is 1.75 bits per heavy atom. The SMILES string of the molecule is CCOC(=O)N1CCN(C(=O)COC(=O)c2ccc(=O)n(CCOC)n2)CC1. The Hall–Kier alpha value is -2.95. The lowest BCUT2D eigenvalue weighted by molar-refractivity contribution is -0.136. The molecule has 2 heterocycles. The predicted octanol–water partition coefficient (Wildman–Crippen LogP) is -0.653. The third kappa shape index (κ3) is 5.78. The van der Waals surface area contributed by atoms with Crippen molar-refractivity contribution in [2.45, 2.75) is 13.5 Å². The third-order valence-electron chi connectivity index (χ3n) is 4.07. The first-order valence-electron chi connectivity index (χ1n) is 8.90. The first-order chi connectivity index (χ1) is 13.5. The van der Waals surface area contributed by atoms with E-state index in [9.17, 15) is 19.2 Å². The molecule has 1 aliphatic heterocycles. The van der Waals surface area contributed by atoms with Crippen molar-refractivity contribution < 1.29 is 28.6 Å². The van der Waals surface area contributed by atoms with E-state index in [1.54, 1.807) is 6.92 Å². The van der Waals surface area contributed by atoms with E-state index in [0.29, 0.717) is 32.8 Å². The second-order valence-electron chi connectivity index (χ2n) is 5.92. The lowest BCUT2D eigenvalue weighted by Crippen LogP contribution is -2.51. The second kappa shape index (κ2) is 10.4. The van der Waals surface area contributed by atoms with Crippen LogP contribution in [0.25, 0.3) is 0 Å². The van der Waals surface area contributed by atoms with Crippen LogP contribution in [0.2, 0.25) is 0 Å². The first kappa shape index (κ1) is 21.4. The van der Waals surface area contributed by atoms with Gasteiger partial charge in [-0.25, -0.2) is 14.3 Å². The van der Waals surface area contributed by atoms with Gasteiger partial charge in [-0.05, 0) is 13.0 Å². The van der Waals surface area contributed by atoms with Crippen molar-refractivity contribution in [1.82, 2.24) is 19.6 Å². The lowest BCUT2D eigenvalue weighted by Gasteiger charge is -2.33. The summed E-state index contributed by atoms with van der Waals surface area (Å²) in [6.45, 7) is 3.39. The van der Waals surface area contributed by atoms with E-state index < -0.39 is 18.7 Å². The van der Waals surface area contributed by atoms with E-state index in [2.05, 4.69) is 5.10 Å². The number of ether oxygens (including phenoxy) is 3. The van der Waals surface area contributed by atoms with Crippen LogP contribution in [0.5, 0.6) is 0 Å². The number of aromatic nitrogens is 2. The summed E-state index contributed by atoms with van der Waals surface area (Å²) in [7, 11) is 1.49. The number of rotatable bonds is 7. The van der Waals surface area contributed by atoms with Crippen LogP contribution in [0.4, 0.5) is 4.79 Å². The molecule has 1 saturated heterocycles. The molecule has 0 unspecified atom stereocenters. The fourth-order valence-corrected chi connectivity index (χ4v) is 2.54. The van der Waals surface area contributed by atoms with Gasteiger partial charge < -0.3 is 24.0 Å². The molecule has 11 nitrogen and oxygen atoms in total. The molecule has 154 valence electrons. The van der Waals surface area contributed by atoms with Crippen molar-refractivity contribution >= 4 is 18.0 Å². The van der Waals surface area contributed by atoms with E-state index in [1.807, 2.05) is 0 Å². The summed E-state index contributed by atoms with van der Waals surface area (Å²) in [4.78, 5) is 50.7. The number of nitrogens with zero attached hydrogens (tertiary/aromatic N) is 4. The summed E-state index contributed by atoms with van der Waals surface area (Å²) in [5.74, 6) is -1.17. The van der Waals surface area contributed by atoms with Crippen molar-refractivity contribution in [3.63, 3.8) is 0 Å². The smallest absolute Gasteiger partial charge is 0.409 e. The number of methoxy groups -OCH3 is 1. The summed E-state index contributed by atoms with van der Waals surface area (Å²) >= 11 is 0. The maximum atomic E-state index is 12.2. The average Bonchev–Trinajstić information content (AvgIpc) is 2.71. The van der Waals surface area contributed by atoms with Gasteiger partial charge >= 0.3 is 12.1 Å². The monoisotopic (exact) mass is 396 g/mol. The fraction of sp³-hybridized carbons (Fsp3) is 0.588. The van der Waals surface area contributed by atoms with Crippen LogP contribution in [0.3, 0.4) is 0 Å².